The number of rotatable bonds is 2. The molecule has 0 aromatic heterocycles. The first-order valence-electron chi connectivity index (χ1n) is 3.95. The second kappa shape index (κ2) is 4.93. The van der Waals surface area contributed by atoms with Crippen LogP contribution in [0.4, 0.5) is 13.2 Å². The van der Waals surface area contributed by atoms with E-state index in [-0.39, 0.29) is 5.02 Å². The quantitative estimate of drug-likeness (QED) is 0.641. The van der Waals surface area contributed by atoms with E-state index in [0.29, 0.717) is 10.6 Å². The number of hydrogen-bond acceptors (Lipinski definition) is 0. The van der Waals surface area contributed by atoms with Crippen LogP contribution in [-0.2, 0) is 0 Å². The molecule has 0 spiro atoms. The van der Waals surface area contributed by atoms with Crippen molar-refractivity contribution in [2.45, 2.75) is 17.4 Å². The fourth-order valence-electron chi connectivity index (χ4n) is 1.07. The summed E-state index contributed by atoms with van der Waals surface area (Å²) >= 11 is 14.4. The zero-order chi connectivity index (χ0) is 11.6. The molecule has 1 aromatic carbocycles. The molecule has 1 aromatic rings. The van der Waals surface area contributed by atoms with E-state index in [4.69, 9.17) is 23.2 Å². The SMILES string of the molecule is FC(F)(F)CC(Br)c1cc(Cl)ccc1Cl. The summed E-state index contributed by atoms with van der Waals surface area (Å²) in [6.07, 6.45) is -5.22. The summed E-state index contributed by atoms with van der Waals surface area (Å²) in [5, 5.41) is 0.631. The standard InChI is InChI=1S/C9H6BrCl2F3/c10-7(4-9(13,14)15)6-3-5(11)1-2-8(6)12/h1-3,7H,4H2. The predicted octanol–water partition coefficient (Wildman–Crippen LogP) is 5.38. The Morgan fingerprint density at radius 1 is 1.27 bits per heavy atom. The first-order valence-corrected chi connectivity index (χ1v) is 5.62. The summed E-state index contributed by atoms with van der Waals surface area (Å²) < 4.78 is 36.4. The van der Waals surface area contributed by atoms with Crippen LogP contribution in [0.5, 0.6) is 0 Å². The normalized spacial score (nSPS) is 14.0. The minimum atomic E-state index is -4.24. The van der Waals surface area contributed by atoms with Crippen LogP contribution in [0.1, 0.15) is 16.8 Å². The Bertz CT molecular complexity index is 352. The summed E-state index contributed by atoms with van der Waals surface area (Å²) in [6.45, 7) is 0. The average molecular weight is 322 g/mol. The molecular weight excluding hydrogens is 316 g/mol. The van der Waals surface area contributed by atoms with Crippen molar-refractivity contribution in [1.82, 2.24) is 0 Å². The van der Waals surface area contributed by atoms with Gasteiger partial charge in [0.2, 0.25) is 0 Å². The topological polar surface area (TPSA) is 0 Å². The molecule has 6 heteroatoms. The molecule has 0 amide bonds. The molecule has 0 nitrogen and oxygen atoms in total. The highest BCUT2D eigenvalue weighted by Crippen LogP contribution is 2.39. The van der Waals surface area contributed by atoms with Gasteiger partial charge >= 0.3 is 6.18 Å². The van der Waals surface area contributed by atoms with Gasteiger partial charge in [-0.1, -0.05) is 39.1 Å². The van der Waals surface area contributed by atoms with E-state index in [1.807, 2.05) is 0 Å². The van der Waals surface area contributed by atoms with Crippen molar-refractivity contribution in [2.75, 3.05) is 0 Å². The zero-order valence-electron chi connectivity index (χ0n) is 7.28. The second-order valence-corrected chi connectivity index (χ2v) is 4.90. The number of halogens is 6. The number of hydrogen-bond donors (Lipinski definition) is 0. The van der Waals surface area contributed by atoms with E-state index in [1.165, 1.54) is 18.2 Å². The van der Waals surface area contributed by atoms with E-state index in [2.05, 4.69) is 15.9 Å². The monoisotopic (exact) mass is 320 g/mol. The average Bonchev–Trinajstić information content (AvgIpc) is 2.06. The lowest BCUT2D eigenvalue weighted by atomic mass is 10.1. The second-order valence-electron chi connectivity index (χ2n) is 2.95. The van der Waals surface area contributed by atoms with Gasteiger partial charge in [-0.2, -0.15) is 13.2 Å². The maximum atomic E-state index is 12.1. The Hall–Kier alpha value is 0.0700. The largest absolute Gasteiger partial charge is 0.390 e. The van der Waals surface area contributed by atoms with Crippen LogP contribution in [0, 0.1) is 0 Å². The van der Waals surface area contributed by atoms with Crippen molar-refractivity contribution in [3.8, 4) is 0 Å². The summed E-state index contributed by atoms with van der Waals surface area (Å²) in [5.41, 5.74) is 0.349. The van der Waals surface area contributed by atoms with Gasteiger partial charge < -0.3 is 0 Å². The van der Waals surface area contributed by atoms with Gasteiger partial charge in [-0.3, -0.25) is 0 Å². The Morgan fingerprint density at radius 2 is 1.87 bits per heavy atom. The lowest BCUT2D eigenvalue weighted by Gasteiger charge is -2.14. The molecule has 0 aliphatic heterocycles. The Labute approximate surface area is 103 Å². The van der Waals surface area contributed by atoms with Gasteiger partial charge in [-0.25, -0.2) is 0 Å². The highest BCUT2D eigenvalue weighted by atomic mass is 79.9. The molecule has 0 aliphatic carbocycles. The van der Waals surface area contributed by atoms with E-state index in [0.717, 1.165) is 0 Å². The van der Waals surface area contributed by atoms with Gasteiger partial charge in [-0.15, -0.1) is 0 Å². The van der Waals surface area contributed by atoms with Crippen LogP contribution in [0.3, 0.4) is 0 Å². The van der Waals surface area contributed by atoms with E-state index in [9.17, 15) is 13.2 Å². The number of benzene rings is 1. The van der Waals surface area contributed by atoms with Crippen molar-refractivity contribution in [3.05, 3.63) is 33.8 Å². The molecule has 15 heavy (non-hydrogen) atoms. The van der Waals surface area contributed by atoms with Gasteiger partial charge in [0.25, 0.3) is 0 Å². The fourth-order valence-corrected chi connectivity index (χ4v) is 2.38. The summed E-state index contributed by atoms with van der Waals surface area (Å²) in [7, 11) is 0. The van der Waals surface area contributed by atoms with E-state index >= 15 is 0 Å². The molecule has 0 saturated carbocycles. The van der Waals surface area contributed by atoms with Crippen molar-refractivity contribution in [3.63, 3.8) is 0 Å². The third-order valence-corrected chi connectivity index (χ3v) is 3.10. The Balaban J connectivity index is 2.90. The Kier molecular flexibility index (Phi) is 4.32. The van der Waals surface area contributed by atoms with Crippen LogP contribution < -0.4 is 0 Å². The van der Waals surface area contributed by atoms with Crippen LogP contribution in [-0.4, -0.2) is 6.18 Å². The molecule has 1 atom stereocenters. The molecule has 0 N–H and O–H groups in total. The smallest absolute Gasteiger partial charge is 0.171 e. The van der Waals surface area contributed by atoms with Crippen LogP contribution in [0.15, 0.2) is 18.2 Å². The highest BCUT2D eigenvalue weighted by molar-refractivity contribution is 9.09. The fraction of sp³-hybridized carbons (Fsp3) is 0.333. The van der Waals surface area contributed by atoms with Gasteiger partial charge in [0.1, 0.15) is 0 Å². The van der Waals surface area contributed by atoms with E-state index in [1.54, 1.807) is 0 Å². The third-order valence-electron chi connectivity index (χ3n) is 1.71. The predicted molar refractivity (Wildman–Crippen MR) is 58.8 cm³/mol. The maximum Gasteiger partial charge on any atom is 0.390 e. The lowest BCUT2D eigenvalue weighted by molar-refractivity contribution is -0.134. The molecule has 0 heterocycles. The molecule has 0 saturated heterocycles. The molecule has 0 radical (unpaired) electrons. The number of alkyl halides is 4. The molecule has 1 rings (SSSR count). The van der Waals surface area contributed by atoms with Gasteiger partial charge in [-0.05, 0) is 23.8 Å². The van der Waals surface area contributed by atoms with Crippen molar-refractivity contribution >= 4 is 39.1 Å². The minimum Gasteiger partial charge on any atom is -0.171 e. The molecule has 1 unspecified atom stereocenters. The summed E-state index contributed by atoms with van der Waals surface area (Å²) in [5.74, 6) is 0. The van der Waals surface area contributed by atoms with Crippen molar-refractivity contribution in [1.29, 1.82) is 0 Å². The minimum absolute atomic E-state index is 0.269. The van der Waals surface area contributed by atoms with E-state index < -0.39 is 17.4 Å². The molecule has 84 valence electrons. The first kappa shape index (κ1) is 13.1. The maximum absolute atomic E-state index is 12.1. The van der Waals surface area contributed by atoms with Gasteiger partial charge in [0, 0.05) is 14.9 Å². The van der Waals surface area contributed by atoms with Crippen molar-refractivity contribution < 1.29 is 13.2 Å². The van der Waals surface area contributed by atoms with Gasteiger partial charge in [0.15, 0.2) is 0 Å². The summed E-state index contributed by atoms with van der Waals surface area (Å²) in [4.78, 5) is -0.872. The first-order chi connectivity index (χ1) is 6.79. The summed E-state index contributed by atoms with van der Waals surface area (Å²) in [6, 6.07) is 4.43. The van der Waals surface area contributed by atoms with Crippen molar-refractivity contribution in [2.24, 2.45) is 0 Å². The molecule has 0 fully saturated rings. The molecule has 0 aliphatic rings. The van der Waals surface area contributed by atoms with Crippen LogP contribution >= 0.6 is 39.1 Å². The lowest BCUT2D eigenvalue weighted by Crippen LogP contribution is -2.10. The highest BCUT2D eigenvalue weighted by Gasteiger charge is 2.32. The Morgan fingerprint density at radius 3 is 2.40 bits per heavy atom. The molecule has 0 bridgehead atoms. The zero-order valence-corrected chi connectivity index (χ0v) is 10.4. The van der Waals surface area contributed by atoms with Crippen LogP contribution in [0.25, 0.3) is 0 Å². The van der Waals surface area contributed by atoms with Gasteiger partial charge in [0.05, 0.1) is 6.42 Å². The third kappa shape index (κ3) is 4.21. The molecular formula is C9H6BrCl2F3. The van der Waals surface area contributed by atoms with Crippen LogP contribution in [0.2, 0.25) is 10.0 Å².